The zero-order chi connectivity index (χ0) is 17.3. The van der Waals surface area contributed by atoms with E-state index in [9.17, 15) is 8.42 Å². The summed E-state index contributed by atoms with van der Waals surface area (Å²) in [6, 6.07) is 8.39. The maximum atomic E-state index is 12.8. The van der Waals surface area contributed by atoms with Crippen molar-refractivity contribution in [3.63, 3.8) is 0 Å². The summed E-state index contributed by atoms with van der Waals surface area (Å²) < 4.78 is 27.1. The molecule has 1 aliphatic rings. The van der Waals surface area contributed by atoms with Crippen molar-refractivity contribution in [1.29, 1.82) is 0 Å². The Labute approximate surface area is 152 Å². The number of hydrogen-bond acceptors (Lipinski definition) is 3. The fraction of sp³-hybridized carbons (Fsp3) is 0.353. The summed E-state index contributed by atoms with van der Waals surface area (Å²) in [7, 11) is -3.55. The van der Waals surface area contributed by atoms with Crippen LogP contribution < -0.4 is 0 Å². The van der Waals surface area contributed by atoms with Crippen LogP contribution in [0.2, 0.25) is 10.0 Å². The second kappa shape index (κ2) is 7.00. The number of halogens is 2. The normalized spacial score (nSPS) is 17.1. The molecule has 0 spiro atoms. The average molecular weight is 385 g/mol. The first kappa shape index (κ1) is 17.7. The van der Waals surface area contributed by atoms with Gasteiger partial charge in [-0.3, -0.25) is 4.98 Å². The van der Waals surface area contributed by atoms with Crippen LogP contribution in [0.15, 0.2) is 41.4 Å². The van der Waals surface area contributed by atoms with E-state index >= 15 is 0 Å². The maximum Gasteiger partial charge on any atom is 0.243 e. The predicted molar refractivity (Wildman–Crippen MR) is 96.2 cm³/mol. The number of pyridine rings is 1. The lowest BCUT2D eigenvalue weighted by atomic mass is 9.92. The second-order valence-corrected chi connectivity index (χ2v) is 8.71. The summed E-state index contributed by atoms with van der Waals surface area (Å²) in [6.45, 7) is 2.99. The highest BCUT2D eigenvalue weighted by Crippen LogP contribution is 2.32. The van der Waals surface area contributed by atoms with E-state index in [0.717, 1.165) is 24.1 Å². The molecule has 1 aromatic heterocycles. The monoisotopic (exact) mass is 384 g/mol. The lowest BCUT2D eigenvalue weighted by molar-refractivity contribution is 0.316. The lowest BCUT2D eigenvalue weighted by Gasteiger charge is -2.31. The summed E-state index contributed by atoms with van der Waals surface area (Å²) >= 11 is 11.8. The van der Waals surface area contributed by atoms with Crippen molar-refractivity contribution in [3.8, 4) is 0 Å². The number of benzene rings is 1. The van der Waals surface area contributed by atoms with Crippen LogP contribution in [0.3, 0.4) is 0 Å². The molecule has 128 valence electrons. The van der Waals surface area contributed by atoms with Crippen LogP contribution in [0.4, 0.5) is 0 Å². The molecule has 1 aliphatic heterocycles. The summed E-state index contributed by atoms with van der Waals surface area (Å²) in [5.74, 6) is 0.298. The van der Waals surface area contributed by atoms with Gasteiger partial charge in [-0.15, -0.1) is 0 Å². The van der Waals surface area contributed by atoms with E-state index in [1.807, 2.05) is 19.1 Å². The fourth-order valence-electron chi connectivity index (χ4n) is 3.08. The van der Waals surface area contributed by atoms with Crippen molar-refractivity contribution >= 4 is 33.2 Å². The molecule has 1 fully saturated rings. The topological polar surface area (TPSA) is 50.3 Å². The van der Waals surface area contributed by atoms with Crippen molar-refractivity contribution in [2.24, 2.45) is 0 Å². The van der Waals surface area contributed by atoms with E-state index in [2.05, 4.69) is 4.98 Å². The number of piperidine rings is 1. The summed E-state index contributed by atoms with van der Waals surface area (Å²) in [5.41, 5.74) is 2.23. The van der Waals surface area contributed by atoms with Crippen LogP contribution in [-0.2, 0) is 10.0 Å². The van der Waals surface area contributed by atoms with E-state index in [1.54, 1.807) is 6.20 Å². The number of aryl methyl sites for hydroxylation is 1. The van der Waals surface area contributed by atoms with Gasteiger partial charge in [0.25, 0.3) is 0 Å². The molecule has 0 bridgehead atoms. The molecular weight excluding hydrogens is 367 g/mol. The largest absolute Gasteiger partial charge is 0.261 e. The predicted octanol–water partition coefficient (Wildman–Crippen LogP) is 4.27. The average Bonchev–Trinajstić information content (AvgIpc) is 2.58. The Kier molecular flexibility index (Phi) is 5.16. The van der Waals surface area contributed by atoms with Crippen LogP contribution in [0.25, 0.3) is 0 Å². The van der Waals surface area contributed by atoms with Gasteiger partial charge < -0.3 is 0 Å². The minimum atomic E-state index is -3.55. The van der Waals surface area contributed by atoms with Crippen LogP contribution in [0.1, 0.15) is 30.0 Å². The molecule has 0 N–H and O–H groups in total. The smallest absolute Gasteiger partial charge is 0.243 e. The molecular formula is C17H18Cl2N2O2S. The van der Waals surface area contributed by atoms with Crippen LogP contribution >= 0.6 is 23.2 Å². The molecule has 0 unspecified atom stereocenters. The van der Waals surface area contributed by atoms with Crippen molar-refractivity contribution in [3.05, 3.63) is 57.8 Å². The van der Waals surface area contributed by atoms with Crippen molar-refractivity contribution < 1.29 is 8.42 Å². The highest BCUT2D eigenvalue weighted by Gasteiger charge is 2.31. The fourth-order valence-corrected chi connectivity index (χ4v) is 4.94. The van der Waals surface area contributed by atoms with Crippen molar-refractivity contribution in [2.45, 2.75) is 30.6 Å². The molecule has 0 aliphatic carbocycles. The second-order valence-electron chi connectivity index (χ2n) is 5.96. The van der Waals surface area contributed by atoms with Gasteiger partial charge in [-0.25, -0.2) is 8.42 Å². The van der Waals surface area contributed by atoms with Gasteiger partial charge >= 0.3 is 0 Å². The first-order valence-corrected chi connectivity index (χ1v) is 9.96. The summed E-state index contributed by atoms with van der Waals surface area (Å²) in [4.78, 5) is 4.65. The first-order chi connectivity index (χ1) is 11.4. The Morgan fingerprint density at radius 1 is 1.12 bits per heavy atom. The van der Waals surface area contributed by atoms with Gasteiger partial charge in [-0.05, 0) is 49.6 Å². The summed E-state index contributed by atoms with van der Waals surface area (Å²) in [6.07, 6.45) is 3.32. The van der Waals surface area contributed by atoms with Crippen LogP contribution in [0.5, 0.6) is 0 Å². The zero-order valence-corrected chi connectivity index (χ0v) is 15.6. The van der Waals surface area contributed by atoms with Gasteiger partial charge in [0.15, 0.2) is 0 Å². The van der Waals surface area contributed by atoms with E-state index in [0.29, 0.717) is 24.0 Å². The molecule has 0 radical (unpaired) electrons. The molecule has 24 heavy (non-hydrogen) atoms. The first-order valence-electron chi connectivity index (χ1n) is 7.76. The SMILES string of the molecule is Cc1cccnc1C1CCN(S(=O)(=O)c2ccc(Cl)c(Cl)c2)CC1. The zero-order valence-electron chi connectivity index (χ0n) is 13.2. The van der Waals surface area contributed by atoms with Gasteiger partial charge in [0, 0.05) is 30.9 Å². The lowest BCUT2D eigenvalue weighted by Crippen LogP contribution is -2.38. The highest BCUT2D eigenvalue weighted by atomic mass is 35.5. The van der Waals surface area contributed by atoms with E-state index in [-0.39, 0.29) is 9.92 Å². The number of sulfonamides is 1. The van der Waals surface area contributed by atoms with Crippen molar-refractivity contribution in [2.75, 3.05) is 13.1 Å². The molecule has 3 rings (SSSR count). The minimum Gasteiger partial charge on any atom is -0.261 e. The van der Waals surface area contributed by atoms with Crippen LogP contribution in [-0.4, -0.2) is 30.8 Å². The third-order valence-electron chi connectivity index (χ3n) is 4.42. The molecule has 2 heterocycles. The molecule has 0 amide bonds. The van der Waals surface area contributed by atoms with E-state index < -0.39 is 10.0 Å². The number of aromatic nitrogens is 1. The van der Waals surface area contributed by atoms with E-state index in [4.69, 9.17) is 23.2 Å². The Bertz CT molecular complexity index is 847. The Balaban J connectivity index is 1.76. The number of hydrogen-bond donors (Lipinski definition) is 0. The van der Waals surface area contributed by atoms with E-state index in [1.165, 1.54) is 22.5 Å². The Morgan fingerprint density at radius 2 is 1.83 bits per heavy atom. The third kappa shape index (κ3) is 3.45. The molecule has 1 saturated heterocycles. The van der Waals surface area contributed by atoms with Gasteiger partial charge in [0.2, 0.25) is 10.0 Å². The van der Waals surface area contributed by atoms with Gasteiger partial charge in [-0.1, -0.05) is 29.3 Å². The molecule has 4 nitrogen and oxygen atoms in total. The van der Waals surface area contributed by atoms with Gasteiger partial charge in [-0.2, -0.15) is 4.31 Å². The van der Waals surface area contributed by atoms with Crippen LogP contribution in [0, 0.1) is 6.92 Å². The third-order valence-corrected chi connectivity index (χ3v) is 7.05. The Morgan fingerprint density at radius 3 is 2.46 bits per heavy atom. The highest BCUT2D eigenvalue weighted by molar-refractivity contribution is 7.89. The quantitative estimate of drug-likeness (QED) is 0.793. The molecule has 0 atom stereocenters. The standard InChI is InChI=1S/C17H18Cl2N2O2S/c1-12-3-2-8-20-17(12)13-6-9-21(10-7-13)24(22,23)14-4-5-15(18)16(19)11-14/h2-5,8,11,13H,6-7,9-10H2,1H3. The molecule has 0 saturated carbocycles. The number of rotatable bonds is 3. The van der Waals surface area contributed by atoms with Gasteiger partial charge in [0.05, 0.1) is 14.9 Å². The van der Waals surface area contributed by atoms with Crippen molar-refractivity contribution in [1.82, 2.24) is 9.29 Å². The Hall–Kier alpha value is -1.14. The summed E-state index contributed by atoms with van der Waals surface area (Å²) in [5, 5.41) is 0.594. The minimum absolute atomic E-state index is 0.185. The molecule has 7 heteroatoms. The molecule has 2 aromatic rings. The number of nitrogens with zero attached hydrogens (tertiary/aromatic N) is 2. The molecule has 1 aromatic carbocycles. The maximum absolute atomic E-state index is 12.8. The van der Waals surface area contributed by atoms with Gasteiger partial charge in [0.1, 0.15) is 0 Å².